The van der Waals surface area contributed by atoms with Gasteiger partial charge in [0.25, 0.3) is 0 Å². The maximum absolute atomic E-state index is 3.94. The zero-order valence-electron chi connectivity index (χ0n) is 6.43. The van der Waals surface area contributed by atoms with Gasteiger partial charge in [0.15, 0.2) is 0 Å². The SMILES string of the molecule is C=C1NC=CC2=C1CCC=C2. The third kappa shape index (κ3) is 1.03. The minimum atomic E-state index is 1.06. The van der Waals surface area contributed by atoms with Crippen LogP contribution in [0.5, 0.6) is 0 Å². The first-order valence-corrected chi connectivity index (χ1v) is 3.90. The van der Waals surface area contributed by atoms with Crippen molar-refractivity contribution in [1.82, 2.24) is 5.32 Å². The van der Waals surface area contributed by atoms with E-state index >= 15 is 0 Å². The van der Waals surface area contributed by atoms with Crippen LogP contribution in [0, 0.1) is 0 Å². The molecule has 0 saturated carbocycles. The van der Waals surface area contributed by atoms with Gasteiger partial charge in [-0.3, -0.25) is 0 Å². The Labute approximate surface area is 66.8 Å². The highest BCUT2D eigenvalue weighted by Crippen LogP contribution is 2.26. The Balaban J connectivity index is 2.43. The van der Waals surface area contributed by atoms with E-state index < -0.39 is 0 Å². The minimum Gasteiger partial charge on any atom is -0.362 e. The van der Waals surface area contributed by atoms with E-state index in [1.54, 1.807) is 0 Å². The summed E-state index contributed by atoms with van der Waals surface area (Å²) in [6.07, 6.45) is 10.7. The van der Waals surface area contributed by atoms with Gasteiger partial charge in [0.05, 0.1) is 0 Å². The lowest BCUT2D eigenvalue weighted by molar-refractivity contribution is 0.902. The van der Waals surface area contributed by atoms with Gasteiger partial charge < -0.3 is 5.32 Å². The summed E-state index contributed by atoms with van der Waals surface area (Å²) < 4.78 is 0. The summed E-state index contributed by atoms with van der Waals surface area (Å²) in [5.41, 5.74) is 3.75. The lowest BCUT2D eigenvalue weighted by Gasteiger charge is -2.19. The molecular formula is C10H11N. The van der Waals surface area contributed by atoms with E-state index in [4.69, 9.17) is 0 Å². The lowest BCUT2D eigenvalue weighted by Crippen LogP contribution is -2.12. The number of allylic oxidation sites excluding steroid dienone is 5. The summed E-state index contributed by atoms with van der Waals surface area (Å²) in [5.74, 6) is 0. The van der Waals surface area contributed by atoms with Crippen molar-refractivity contribution in [2.45, 2.75) is 12.8 Å². The van der Waals surface area contributed by atoms with Gasteiger partial charge in [-0.05, 0) is 30.1 Å². The van der Waals surface area contributed by atoms with Gasteiger partial charge in [-0.25, -0.2) is 0 Å². The van der Waals surface area contributed by atoms with Crippen LogP contribution in [0.15, 0.2) is 47.9 Å². The molecule has 1 heterocycles. The van der Waals surface area contributed by atoms with Crippen LogP contribution in [0.3, 0.4) is 0 Å². The number of hydrogen-bond donors (Lipinski definition) is 1. The van der Waals surface area contributed by atoms with Gasteiger partial charge in [-0.15, -0.1) is 0 Å². The third-order valence-corrected chi connectivity index (χ3v) is 2.09. The molecule has 0 aromatic heterocycles. The zero-order chi connectivity index (χ0) is 7.68. The molecule has 11 heavy (non-hydrogen) atoms. The Bertz CT molecular complexity index is 275. The fourth-order valence-electron chi connectivity index (χ4n) is 1.48. The molecule has 1 aliphatic heterocycles. The molecule has 0 radical (unpaired) electrons. The molecule has 0 unspecified atom stereocenters. The van der Waals surface area contributed by atoms with Gasteiger partial charge in [0, 0.05) is 11.9 Å². The van der Waals surface area contributed by atoms with E-state index in [-0.39, 0.29) is 0 Å². The molecule has 1 heteroatoms. The van der Waals surface area contributed by atoms with Crippen molar-refractivity contribution >= 4 is 0 Å². The van der Waals surface area contributed by atoms with Crippen LogP contribution in [0.1, 0.15) is 12.8 Å². The van der Waals surface area contributed by atoms with Gasteiger partial charge in [-0.1, -0.05) is 18.7 Å². The third-order valence-electron chi connectivity index (χ3n) is 2.09. The van der Waals surface area contributed by atoms with Crippen LogP contribution >= 0.6 is 0 Å². The van der Waals surface area contributed by atoms with E-state index in [1.807, 2.05) is 6.20 Å². The summed E-state index contributed by atoms with van der Waals surface area (Å²) in [7, 11) is 0. The van der Waals surface area contributed by atoms with Gasteiger partial charge >= 0.3 is 0 Å². The smallest absolute Gasteiger partial charge is 0.0345 e. The molecule has 0 fully saturated rings. The second-order valence-electron chi connectivity index (χ2n) is 2.83. The topological polar surface area (TPSA) is 12.0 Å². The van der Waals surface area contributed by atoms with Crippen molar-refractivity contribution in [2.75, 3.05) is 0 Å². The average molecular weight is 145 g/mol. The fourth-order valence-corrected chi connectivity index (χ4v) is 1.48. The summed E-state index contributed by atoms with van der Waals surface area (Å²) in [6, 6.07) is 0. The average Bonchev–Trinajstić information content (AvgIpc) is 2.06. The fraction of sp³-hybridized carbons (Fsp3) is 0.200. The van der Waals surface area contributed by atoms with Crippen LogP contribution in [0.4, 0.5) is 0 Å². The number of nitrogens with one attached hydrogen (secondary N) is 1. The molecule has 56 valence electrons. The maximum atomic E-state index is 3.94. The first-order valence-electron chi connectivity index (χ1n) is 3.90. The zero-order valence-corrected chi connectivity index (χ0v) is 6.43. The second kappa shape index (κ2) is 2.42. The van der Waals surface area contributed by atoms with Crippen molar-refractivity contribution in [2.24, 2.45) is 0 Å². The predicted molar refractivity (Wildman–Crippen MR) is 46.8 cm³/mol. The molecule has 0 aromatic rings. The monoisotopic (exact) mass is 145 g/mol. The molecule has 1 N–H and O–H groups in total. The van der Waals surface area contributed by atoms with E-state index in [0.29, 0.717) is 0 Å². The standard InChI is InChI=1S/C10H11N/c1-8-10-5-3-2-4-9(10)6-7-11-8/h2,4,6-7,11H,1,3,5H2. The second-order valence-corrected chi connectivity index (χ2v) is 2.83. The Morgan fingerprint density at radius 1 is 1.36 bits per heavy atom. The minimum absolute atomic E-state index is 1.06. The molecule has 1 aliphatic carbocycles. The molecule has 0 spiro atoms. The Morgan fingerprint density at radius 2 is 2.27 bits per heavy atom. The van der Waals surface area contributed by atoms with Crippen LogP contribution in [0.25, 0.3) is 0 Å². The van der Waals surface area contributed by atoms with Gasteiger partial charge in [-0.2, -0.15) is 0 Å². The molecule has 0 bridgehead atoms. The maximum Gasteiger partial charge on any atom is 0.0345 e. The normalized spacial score (nSPS) is 21.6. The number of dihydropyridines is 1. The van der Waals surface area contributed by atoms with Crippen LogP contribution in [-0.4, -0.2) is 0 Å². The van der Waals surface area contributed by atoms with E-state index in [1.165, 1.54) is 11.1 Å². The Morgan fingerprint density at radius 3 is 3.09 bits per heavy atom. The van der Waals surface area contributed by atoms with Crippen molar-refractivity contribution in [3.63, 3.8) is 0 Å². The Hall–Kier alpha value is -1.24. The summed E-state index contributed by atoms with van der Waals surface area (Å²) in [6.45, 7) is 3.94. The molecule has 0 aromatic carbocycles. The molecular weight excluding hydrogens is 134 g/mol. The molecule has 2 rings (SSSR count). The molecule has 0 amide bonds. The highest BCUT2D eigenvalue weighted by molar-refractivity contribution is 5.49. The molecule has 0 saturated heterocycles. The van der Waals surface area contributed by atoms with Crippen molar-refractivity contribution in [1.29, 1.82) is 0 Å². The van der Waals surface area contributed by atoms with Crippen molar-refractivity contribution < 1.29 is 0 Å². The number of hydrogen-bond acceptors (Lipinski definition) is 1. The van der Waals surface area contributed by atoms with E-state index in [9.17, 15) is 0 Å². The molecule has 0 atom stereocenters. The summed E-state index contributed by atoms with van der Waals surface area (Å²) in [4.78, 5) is 0. The van der Waals surface area contributed by atoms with Crippen molar-refractivity contribution in [3.05, 3.63) is 47.9 Å². The Kier molecular flexibility index (Phi) is 1.42. The number of rotatable bonds is 0. The van der Waals surface area contributed by atoms with Crippen molar-refractivity contribution in [3.8, 4) is 0 Å². The highest BCUT2D eigenvalue weighted by Gasteiger charge is 2.11. The largest absolute Gasteiger partial charge is 0.362 e. The highest BCUT2D eigenvalue weighted by atomic mass is 14.9. The summed E-state index contributed by atoms with van der Waals surface area (Å²) >= 11 is 0. The molecule has 2 aliphatic rings. The van der Waals surface area contributed by atoms with Crippen LogP contribution in [0.2, 0.25) is 0 Å². The van der Waals surface area contributed by atoms with Crippen LogP contribution in [-0.2, 0) is 0 Å². The first-order chi connectivity index (χ1) is 5.38. The van der Waals surface area contributed by atoms with Gasteiger partial charge in [0.1, 0.15) is 0 Å². The lowest BCUT2D eigenvalue weighted by atomic mass is 9.94. The summed E-state index contributed by atoms with van der Waals surface area (Å²) in [5, 5.41) is 3.11. The van der Waals surface area contributed by atoms with E-state index in [0.717, 1.165) is 18.5 Å². The van der Waals surface area contributed by atoms with Crippen LogP contribution < -0.4 is 5.32 Å². The first kappa shape index (κ1) is 6.47. The predicted octanol–water partition coefficient (Wildman–Crippen LogP) is 2.26. The molecule has 1 nitrogen and oxygen atoms in total. The quantitative estimate of drug-likeness (QED) is 0.551. The van der Waals surface area contributed by atoms with Gasteiger partial charge in [0.2, 0.25) is 0 Å². The van der Waals surface area contributed by atoms with E-state index in [2.05, 4.69) is 30.1 Å².